The van der Waals surface area contributed by atoms with Crippen LogP contribution < -0.4 is 10.2 Å². The Bertz CT molecular complexity index is 1120. The van der Waals surface area contributed by atoms with E-state index in [1.165, 1.54) is 29.8 Å². The van der Waals surface area contributed by atoms with Crippen LogP contribution in [0.4, 0.5) is 11.4 Å². The lowest BCUT2D eigenvalue weighted by molar-refractivity contribution is -0.384. The maximum Gasteiger partial charge on any atom is 0.271 e. The Hall–Kier alpha value is -3.52. The first kappa shape index (κ1) is 18.8. The minimum atomic E-state index is -0.631. The highest BCUT2D eigenvalue weighted by atomic mass is 16.6. The zero-order valence-corrected chi connectivity index (χ0v) is 15.8. The molecule has 1 saturated heterocycles. The molecule has 2 amide bonds. The molecule has 1 aliphatic heterocycles. The number of aromatic amines is 1. The highest BCUT2D eigenvalue weighted by Crippen LogP contribution is 2.26. The van der Waals surface area contributed by atoms with Crippen LogP contribution in [0.5, 0.6) is 0 Å². The first-order valence-corrected chi connectivity index (χ1v) is 9.35. The predicted octanol–water partition coefficient (Wildman–Crippen LogP) is 2.85. The largest absolute Gasteiger partial charge is 0.361 e. The molecule has 0 saturated carbocycles. The number of hydrogen-bond donors (Lipinski definition) is 2. The second-order valence-corrected chi connectivity index (χ2v) is 7.17. The average Bonchev–Trinajstić information content (AvgIpc) is 3.22. The van der Waals surface area contributed by atoms with E-state index >= 15 is 0 Å². The lowest BCUT2D eigenvalue weighted by Crippen LogP contribution is -2.39. The van der Waals surface area contributed by atoms with Crippen LogP contribution in [-0.2, 0) is 16.0 Å². The number of non-ortho nitro benzene ring substituents is 1. The Kier molecular flexibility index (Phi) is 4.85. The molecule has 2 aromatic carbocycles. The number of nitro groups is 1. The minimum absolute atomic E-state index is 0.0362. The van der Waals surface area contributed by atoms with Crippen molar-refractivity contribution in [3.63, 3.8) is 0 Å². The van der Waals surface area contributed by atoms with Gasteiger partial charge in [0.05, 0.1) is 23.1 Å². The van der Waals surface area contributed by atoms with Crippen molar-refractivity contribution in [1.29, 1.82) is 0 Å². The van der Waals surface area contributed by atoms with E-state index in [2.05, 4.69) is 16.4 Å². The number of imide groups is 1. The molecule has 0 unspecified atom stereocenters. The fraction of sp³-hybridized carbons (Fsp3) is 0.238. The molecule has 3 aromatic rings. The summed E-state index contributed by atoms with van der Waals surface area (Å²) in [4.78, 5) is 39.8. The Morgan fingerprint density at radius 1 is 1.24 bits per heavy atom. The van der Waals surface area contributed by atoms with E-state index in [9.17, 15) is 19.7 Å². The van der Waals surface area contributed by atoms with Gasteiger partial charge in [0.25, 0.3) is 11.6 Å². The summed E-state index contributed by atoms with van der Waals surface area (Å²) in [6.45, 7) is 2.58. The van der Waals surface area contributed by atoms with Gasteiger partial charge in [0.1, 0.15) is 0 Å². The van der Waals surface area contributed by atoms with E-state index in [-0.39, 0.29) is 29.6 Å². The molecule has 2 N–H and O–H groups in total. The van der Waals surface area contributed by atoms with E-state index in [0.717, 1.165) is 21.4 Å². The predicted molar refractivity (Wildman–Crippen MR) is 109 cm³/mol. The smallest absolute Gasteiger partial charge is 0.271 e. The normalized spacial score (nSPS) is 16.7. The van der Waals surface area contributed by atoms with Crippen molar-refractivity contribution in [2.75, 3.05) is 11.4 Å². The summed E-state index contributed by atoms with van der Waals surface area (Å²) in [7, 11) is 0. The Morgan fingerprint density at radius 2 is 2.07 bits per heavy atom. The topological polar surface area (TPSA) is 108 Å². The quantitative estimate of drug-likeness (QED) is 0.381. The van der Waals surface area contributed by atoms with E-state index in [4.69, 9.17) is 0 Å². The third-order valence-electron chi connectivity index (χ3n) is 5.15. The molecule has 1 atom stereocenters. The summed E-state index contributed by atoms with van der Waals surface area (Å²) in [5, 5.41) is 15.3. The zero-order chi connectivity index (χ0) is 20.5. The van der Waals surface area contributed by atoms with E-state index < -0.39 is 11.0 Å². The van der Waals surface area contributed by atoms with Gasteiger partial charge in [-0.2, -0.15) is 0 Å². The van der Waals surface area contributed by atoms with Gasteiger partial charge in [-0.05, 0) is 37.1 Å². The van der Waals surface area contributed by atoms with E-state index in [0.29, 0.717) is 13.0 Å². The van der Waals surface area contributed by atoms with Crippen molar-refractivity contribution in [1.82, 2.24) is 10.3 Å². The second kappa shape index (κ2) is 7.48. The average molecular weight is 392 g/mol. The molecule has 0 aliphatic carbocycles. The molecule has 0 spiro atoms. The number of nitrogens with zero attached hydrogens (tertiary/aromatic N) is 2. The summed E-state index contributed by atoms with van der Waals surface area (Å²) in [6.07, 6.45) is 2.70. The Labute approximate surface area is 166 Å². The highest BCUT2D eigenvalue weighted by molar-refractivity contribution is 6.22. The lowest BCUT2D eigenvalue weighted by Gasteiger charge is -2.15. The summed E-state index contributed by atoms with van der Waals surface area (Å²) in [5.74, 6) is -0.749. The maximum absolute atomic E-state index is 12.7. The van der Waals surface area contributed by atoms with Crippen LogP contribution in [0.25, 0.3) is 10.9 Å². The number of amides is 2. The summed E-state index contributed by atoms with van der Waals surface area (Å²) in [6, 6.07) is 11.1. The number of aryl methyl sites for hydroxylation is 1. The first-order valence-electron chi connectivity index (χ1n) is 9.35. The van der Waals surface area contributed by atoms with Gasteiger partial charge in [-0.15, -0.1) is 0 Å². The summed E-state index contributed by atoms with van der Waals surface area (Å²) < 4.78 is 0. The molecule has 29 heavy (non-hydrogen) atoms. The van der Waals surface area contributed by atoms with Gasteiger partial charge in [0.15, 0.2) is 0 Å². The number of aromatic nitrogens is 1. The number of nitro benzene ring substituents is 1. The van der Waals surface area contributed by atoms with Gasteiger partial charge >= 0.3 is 0 Å². The number of fused-ring (bicyclic) bond motifs is 1. The van der Waals surface area contributed by atoms with E-state index in [1.54, 1.807) is 0 Å². The van der Waals surface area contributed by atoms with Gasteiger partial charge in [-0.1, -0.05) is 17.7 Å². The van der Waals surface area contributed by atoms with Crippen LogP contribution in [0.1, 0.15) is 17.5 Å². The van der Waals surface area contributed by atoms with Gasteiger partial charge in [0, 0.05) is 35.8 Å². The Morgan fingerprint density at radius 3 is 2.86 bits per heavy atom. The standard InChI is InChI=1S/C21H20N4O4/c1-13-5-6-18-17(9-13)14(12-23-18)7-8-22-19-11-20(26)24(21(19)27)15-3-2-4-16(10-15)25(28)29/h2-6,9-10,12,19,22-23H,7-8,11H2,1H3/t19-/m1/s1. The third-order valence-corrected chi connectivity index (χ3v) is 5.15. The summed E-state index contributed by atoms with van der Waals surface area (Å²) in [5.41, 5.74) is 3.45. The first-order chi connectivity index (χ1) is 13.9. The molecular formula is C21H20N4O4. The number of rotatable bonds is 6. The van der Waals surface area contributed by atoms with Crippen molar-refractivity contribution in [2.45, 2.75) is 25.8 Å². The molecular weight excluding hydrogens is 372 g/mol. The van der Waals surface area contributed by atoms with Crippen LogP contribution in [0.3, 0.4) is 0 Å². The fourth-order valence-corrected chi connectivity index (χ4v) is 3.69. The zero-order valence-electron chi connectivity index (χ0n) is 15.8. The van der Waals surface area contributed by atoms with Crippen molar-refractivity contribution in [2.24, 2.45) is 0 Å². The van der Waals surface area contributed by atoms with Crippen molar-refractivity contribution < 1.29 is 14.5 Å². The van der Waals surface area contributed by atoms with Crippen LogP contribution in [0.2, 0.25) is 0 Å². The number of H-pyrrole nitrogens is 1. The number of anilines is 1. The van der Waals surface area contributed by atoms with Crippen LogP contribution >= 0.6 is 0 Å². The van der Waals surface area contributed by atoms with Crippen LogP contribution in [0, 0.1) is 17.0 Å². The number of carbonyl (C=O) groups is 2. The molecule has 4 rings (SSSR count). The highest BCUT2D eigenvalue weighted by Gasteiger charge is 2.39. The molecule has 1 aromatic heterocycles. The number of carbonyl (C=O) groups excluding carboxylic acids is 2. The molecule has 1 fully saturated rings. The molecule has 8 nitrogen and oxygen atoms in total. The molecule has 0 radical (unpaired) electrons. The maximum atomic E-state index is 12.7. The molecule has 0 bridgehead atoms. The number of nitrogens with one attached hydrogen (secondary N) is 2. The fourth-order valence-electron chi connectivity index (χ4n) is 3.69. The number of benzene rings is 2. The van der Waals surface area contributed by atoms with Crippen molar-refractivity contribution >= 4 is 34.1 Å². The second-order valence-electron chi connectivity index (χ2n) is 7.17. The number of hydrogen-bond acceptors (Lipinski definition) is 5. The van der Waals surface area contributed by atoms with Gasteiger partial charge in [0.2, 0.25) is 5.91 Å². The molecule has 8 heteroatoms. The monoisotopic (exact) mass is 392 g/mol. The third kappa shape index (κ3) is 3.62. The summed E-state index contributed by atoms with van der Waals surface area (Å²) >= 11 is 0. The van der Waals surface area contributed by atoms with Crippen molar-refractivity contribution in [3.8, 4) is 0 Å². The van der Waals surface area contributed by atoms with Crippen LogP contribution in [-0.4, -0.2) is 34.3 Å². The molecule has 2 heterocycles. The van der Waals surface area contributed by atoms with Crippen molar-refractivity contribution in [3.05, 3.63) is 69.9 Å². The van der Waals surface area contributed by atoms with Gasteiger partial charge in [-0.3, -0.25) is 19.7 Å². The minimum Gasteiger partial charge on any atom is -0.361 e. The molecule has 1 aliphatic rings. The van der Waals surface area contributed by atoms with Crippen LogP contribution in [0.15, 0.2) is 48.7 Å². The molecule has 148 valence electrons. The Balaban J connectivity index is 1.43. The van der Waals surface area contributed by atoms with Gasteiger partial charge in [-0.25, -0.2) is 4.90 Å². The lowest BCUT2D eigenvalue weighted by atomic mass is 10.1. The SMILES string of the molecule is Cc1ccc2[nH]cc(CCN[C@@H]3CC(=O)N(c4cccc([N+](=O)[O-])c4)C3=O)c2c1. The van der Waals surface area contributed by atoms with Gasteiger partial charge < -0.3 is 10.3 Å². The van der Waals surface area contributed by atoms with E-state index in [1.807, 2.05) is 25.3 Å².